The van der Waals surface area contributed by atoms with Gasteiger partial charge in [-0.3, -0.25) is 4.79 Å². The van der Waals surface area contributed by atoms with Gasteiger partial charge < -0.3 is 9.47 Å². The number of rotatable bonds is 6. The molecule has 0 N–H and O–H groups in total. The maximum Gasteiger partial charge on any atom is 0.212 e. The Morgan fingerprint density at radius 2 is 1.86 bits per heavy atom. The third-order valence-corrected chi connectivity index (χ3v) is 3.96. The van der Waals surface area contributed by atoms with Crippen molar-refractivity contribution in [2.45, 2.75) is 5.75 Å². The van der Waals surface area contributed by atoms with Crippen molar-refractivity contribution in [2.24, 2.45) is 0 Å². The molecule has 0 radical (unpaired) electrons. The summed E-state index contributed by atoms with van der Waals surface area (Å²) in [6.07, 6.45) is 3.31. The van der Waals surface area contributed by atoms with Crippen molar-refractivity contribution in [3.63, 3.8) is 0 Å². The molecule has 0 spiro atoms. The van der Waals surface area contributed by atoms with Gasteiger partial charge in [0.25, 0.3) is 0 Å². The molecule has 0 heterocycles. The number of carbonyl (C=O) groups excluding carboxylic acids is 1. The maximum atomic E-state index is 11.9. The zero-order valence-corrected chi connectivity index (χ0v) is 13.4. The van der Waals surface area contributed by atoms with Crippen molar-refractivity contribution in [1.82, 2.24) is 0 Å². The third-order valence-electron chi connectivity index (χ3n) is 3.06. The van der Waals surface area contributed by atoms with Crippen molar-refractivity contribution in [3.05, 3.63) is 65.7 Å². The van der Waals surface area contributed by atoms with E-state index in [9.17, 15) is 4.79 Å². The van der Waals surface area contributed by atoms with Crippen LogP contribution in [-0.4, -0.2) is 19.3 Å². The minimum Gasteiger partial charge on any atom is -0.497 e. The molecule has 0 aliphatic heterocycles. The number of methoxy groups -OCH3 is 2. The fourth-order valence-corrected chi connectivity index (χ4v) is 2.57. The minimum atomic E-state index is 0.00808. The van der Waals surface area contributed by atoms with Crippen LogP contribution in [0.2, 0.25) is 0 Å². The lowest BCUT2D eigenvalue weighted by molar-refractivity contribution is -0.107. The van der Waals surface area contributed by atoms with Gasteiger partial charge in [0.15, 0.2) is 0 Å². The van der Waals surface area contributed by atoms with E-state index in [1.807, 2.05) is 48.5 Å². The van der Waals surface area contributed by atoms with Gasteiger partial charge in [-0.15, -0.1) is 0 Å². The van der Waals surface area contributed by atoms with E-state index in [-0.39, 0.29) is 5.12 Å². The highest BCUT2D eigenvalue weighted by molar-refractivity contribution is 8.13. The van der Waals surface area contributed by atoms with E-state index in [1.54, 1.807) is 26.4 Å². The average molecular weight is 314 g/mol. The van der Waals surface area contributed by atoms with Crippen LogP contribution in [0.15, 0.2) is 54.6 Å². The summed E-state index contributed by atoms with van der Waals surface area (Å²) in [5, 5.41) is 0.00808. The summed E-state index contributed by atoms with van der Waals surface area (Å²) in [7, 11) is 3.21. The fourth-order valence-electron chi connectivity index (χ4n) is 1.90. The van der Waals surface area contributed by atoms with Crippen LogP contribution in [0.4, 0.5) is 0 Å². The van der Waals surface area contributed by atoms with Crippen LogP contribution in [0.3, 0.4) is 0 Å². The molecule has 0 atom stereocenters. The van der Waals surface area contributed by atoms with E-state index in [0.29, 0.717) is 11.5 Å². The van der Waals surface area contributed by atoms with Gasteiger partial charge in [-0.2, -0.15) is 0 Å². The Morgan fingerprint density at radius 3 is 2.55 bits per heavy atom. The first-order valence-electron chi connectivity index (χ1n) is 6.83. The Bertz CT molecular complexity index is 651. The standard InChI is InChI=1S/C18H18O3S/c1-20-16-9-10-17(21-2)15(12-16)8-11-18(19)22-13-14-6-4-3-5-7-14/h3-12H,13H2,1-2H3/b11-8+. The van der Waals surface area contributed by atoms with Crippen molar-refractivity contribution < 1.29 is 14.3 Å². The van der Waals surface area contributed by atoms with E-state index in [1.165, 1.54) is 11.8 Å². The van der Waals surface area contributed by atoms with Crippen molar-refractivity contribution in [1.29, 1.82) is 0 Å². The van der Waals surface area contributed by atoms with E-state index >= 15 is 0 Å². The van der Waals surface area contributed by atoms with E-state index in [0.717, 1.165) is 16.9 Å². The first-order chi connectivity index (χ1) is 10.7. The molecule has 0 aromatic heterocycles. The summed E-state index contributed by atoms with van der Waals surface area (Å²) in [6, 6.07) is 15.4. The summed E-state index contributed by atoms with van der Waals surface area (Å²) < 4.78 is 10.5. The lowest BCUT2D eigenvalue weighted by atomic mass is 10.2. The SMILES string of the molecule is COc1ccc(OC)c(/C=C/C(=O)SCc2ccccc2)c1. The van der Waals surface area contributed by atoms with E-state index < -0.39 is 0 Å². The molecule has 0 saturated carbocycles. The third kappa shape index (κ3) is 4.67. The second-order valence-corrected chi connectivity index (χ2v) is 5.51. The zero-order chi connectivity index (χ0) is 15.8. The van der Waals surface area contributed by atoms with Gasteiger partial charge in [0.1, 0.15) is 11.5 Å². The summed E-state index contributed by atoms with van der Waals surface area (Å²) in [5.74, 6) is 2.10. The number of thioether (sulfide) groups is 1. The summed E-state index contributed by atoms with van der Waals surface area (Å²) >= 11 is 1.27. The van der Waals surface area contributed by atoms with Crippen molar-refractivity contribution >= 4 is 23.0 Å². The molecule has 0 amide bonds. The molecule has 2 aromatic carbocycles. The molecule has 0 saturated heterocycles. The molecular formula is C18H18O3S. The predicted octanol–water partition coefficient (Wildman–Crippen LogP) is 4.18. The number of carbonyl (C=O) groups is 1. The lowest BCUT2D eigenvalue weighted by Gasteiger charge is -2.07. The normalized spacial score (nSPS) is 10.6. The van der Waals surface area contributed by atoms with Gasteiger partial charge in [0.05, 0.1) is 14.2 Å². The first-order valence-corrected chi connectivity index (χ1v) is 7.82. The predicted molar refractivity (Wildman–Crippen MR) is 91.3 cm³/mol. The van der Waals surface area contributed by atoms with Gasteiger partial charge in [-0.25, -0.2) is 0 Å². The maximum absolute atomic E-state index is 11.9. The Kier molecular flexibility index (Phi) is 6.10. The van der Waals surface area contributed by atoms with Crippen LogP contribution in [0.25, 0.3) is 6.08 Å². The molecule has 114 valence electrons. The Balaban J connectivity index is 2.00. The number of hydrogen-bond acceptors (Lipinski definition) is 4. The molecule has 0 bridgehead atoms. The van der Waals surface area contributed by atoms with Crippen molar-refractivity contribution in [3.8, 4) is 11.5 Å². The van der Waals surface area contributed by atoms with Gasteiger partial charge in [-0.05, 0) is 35.9 Å². The monoisotopic (exact) mass is 314 g/mol. The van der Waals surface area contributed by atoms with Crippen LogP contribution >= 0.6 is 11.8 Å². The molecule has 0 aliphatic carbocycles. The van der Waals surface area contributed by atoms with Gasteiger partial charge in [-0.1, -0.05) is 42.1 Å². The van der Waals surface area contributed by atoms with Crippen LogP contribution in [0.1, 0.15) is 11.1 Å². The number of hydrogen-bond donors (Lipinski definition) is 0. The zero-order valence-electron chi connectivity index (χ0n) is 12.6. The molecule has 0 fully saturated rings. The molecule has 0 unspecified atom stereocenters. The number of benzene rings is 2. The molecule has 0 aliphatic rings. The smallest absolute Gasteiger partial charge is 0.212 e. The molecule has 2 rings (SSSR count). The van der Waals surface area contributed by atoms with Crippen LogP contribution in [0.5, 0.6) is 11.5 Å². The highest BCUT2D eigenvalue weighted by Gasteiger charge is 2.04. The molecule has 4 heteroatoms. The lowest BCUT2D eigenvalue weighted by Crippen LogP contribution is -1.91. The summed E-state index contributed by atoms with van der Waals surface area (Å²) in [6.45, 7) is 0. The van der Waals surface area contributed by atoms with Crippen LogP contribution < -0.4 is 9.47 Å². The molecular weight excluding hydrogens is 296 g/mol. The highest BCUT2D eigenvalue weighted by atomic mass is 32.2. The molecule has 22 heavy (non-hydrogen) atoms. The Hall–Kier alpha value is -2.20. The van der Waals surface area contributed by atoms with Crippen LogP contribution in [-0.2, 0) is 10.5 Å². The van der Waals surface area contributed by atoms with Gasteiger partial charge in [0.2, 0.25) is 5.12 Å². The topological polar surface area (TPSA) is 35.5 Å². The summed E-state index contributed by atoms with van der Waals surface area (Å²) in [4.78, 5) is 11.9. The second-order valence-electron chi connectivity index (χ2n) is 4.53. The summed E-state index contributed by atoms with van der Waals surface area (Å²) in [5.41, 5.74) is 1.95. The first kappa shape index (κ1) is 16.2. The Labute approximate surface area is 135 Å². The fraction of sp³-hybridized carbons (Fsp3) is 0.167. The highest BCUT2D eigenvalue weighted by Crippen LogP contribution is 2.25. The van der Waals surface area contributed by atoms with Crippen LogP contribution in [0, 0.1) is 0 Å². The largest absolute Gasteiger partial charge is 0.497 e. The number of ether oxygens (including phenoxy) is 2. The Morgan fingerprint density at radius 1 is 1.09 bits per heavy atom. The molecule has 2 aromatic rings. The van der Waals surface area contributed by atoms with Gasteiger partial charge >= 0.3 is 0 Å². The van der Waals surface area contributed by atoms with E-state index in [2.05, 4.69) is 0 Å². The van der Waals surface area contributed by atoms with Gasteiger partial charge in [0, 0.05) is 11.3 Å². The van der Waals surface area contributed by atoms with E-state index in [4.69, 9.17) is 9.47 Å². The average Bonchev–Trinajstić information content (AvgIpc) is 2.58. The quantitative estimate of drug-likeness (QED) is 0.749. The van der Waals surface area contributed by atoms with Crippen molar-refractivity contribution in [2.75, 3.05) is 14.2 Å². The molecule has 3 nitrogen and oxygen atoms in total. The second kappa shape index (κ2) is 8.29. The minimum absolute atomic E-state index is 0.00808.